The van der Waals surface area contributed by atoms with E-state index in [1.54, 1.807) is 12.4 Å². The van der Waals surface area contributed by atoms with Gasteiger partial charge in [0.1, 0.15) is 6.10 Å². The maximum Gasteiger partial charge on any atom is 0.108 e. The van der Waals surface area contributed by atoms with Gasteiger partial charge in [0.15, 0.2) is 0 Å². The molecule has 1 aromatic carbocycles. The molecule has 3 heteroatoms. The van der Waals surface area contributed by atoms with Crippen LogP contribution in [0.3, 0.4) is 0 Å². The third-order valence-corrected chi connectivity index (χ3v) is 4.24. The number of benzene rings is 1. The second-order valence-corrected chi connectivity index (χ2v) is 5.51. The van der Waals surface area contributed by atoms with E-state index >= 15 is 0 Å². The first-order chi connectivity index (χ1) is 9.21. The SMILES string of the molecule is OC(c1cccc2ccncc12)C1(O)CCCCC1. The van der Waals surface area contributed by atoms with E-state index in [9.17, 15) is 10.2 Å². The lowest BCUT2D eigenvalue weighted by molar-refractivity contribution is -0.0985. The molecule has 0 amide bonds. The van der Waals surface area contributed by atoms with Crippen LogP contribution in [0.5, 0.6) is 0 Å². The molecule has 19 heavy (non-hydrogen) atoms. The number of aromatic nitrogens is 1. The van der Waals surface area contributed by atoms with Crippen LogP contribution in [0.2, 0.25) is 0 Å². The van der Waals surface area contributed by atoms with Gasteiger partial charge in [-0.1, -0.05) is 37.5 Å². The summed E-state index contributed by atoms with van der Waals surface area (Å²) in [6.07, 6.45) is 7.13. The third-order valence-electron chi connectivity index (χ3n) is 4.24. The lowest BCUT2D eigenvalue weighted by Gasteiger charge is -2.36. The average Bonchev–Trinajstić information content (AvgIpc) is 2.47. The molecule has 2 aromatic rings. The molecule has 0 aliphatic heterocycles. The molecule has 1 fully saturated rings. The van der Waals surface area contributed by atoms with Gasteiger partial charge in [0, 0.05) is 17.8 Å². The molecule has 3 nitrogen and oxygen atoms in total. The standard InChI is InChI=1S/C16H19NO2/c18-15(16(19)8-2-1-3-9-16)13-6-4-5-12-7-10-17-11-14(12)13/h4-7,10-11,15,18-19H,1-3,8-9H2. The van der Waals surface area contributed by atoms with Gasteiger partial charge < -0.3 is 10.2 Å². The first-order valence-corrected chi connectivity index (χ1v) is 6.94. The van der Waals surface area contributed by atoms with Crippen LogP contribution in [0.1, 0.15) is 43.8 Å². The van der Waals surface area contributed by atoms with Gasteiger partial charge in [0.05, 0.1) is 5.60 Å². The van der Waals surface area contributed by atoms with Gasteiger partial charge in [-0.25, -0.2) is 0 Å². The van der Waals surface area contributed by atoms with E-state index in [-0.39, 0.29) is 0 Å². The van der Waals surface area contributed by atoms with Crippen LogP contribution in [0, 0.1) is 0 Å². The van der Waals surface area contributed by atoms with Crippen LogP contribution < -0.4 is 0 Å². The molecule has 1 saturated carbocycles. The lowest BCUT2D eigenvalue weighted by Crippen LogP contribution is -2.38. The molecule has 3 rings (SSSR count). The van der Waals surface area contributed by atoms with Crippen molar-refractivity contribution in [1.82, 2.24) is 4.98 Å². The Bertz CT molecular complexity index is 570. The first kappa shape index (κ1) is 12.6. The number of hydrogen-bond acceptors (Lipinski definition) is 3. The highest BCUT2D eigenvalue weighted by atomic mass is 16.3. The Kier molecular flexibility index (Phi) is 3.25. The minimum absolute atomic E-state index is 0.671. The van der Waals surface area contributed by atoms with E-state index in [0.717, 1.165) is 35.6 Å². The molecule has 1 heterocycles. The second-order valence-electron chi connectivity index (χ2n) is 5.51. The smallest absolute Gasteiger partial charge is 0.108 e. The number of fused-ring (bicyclic) bond motifs is 1. The highest BCUT2D eigenvalue weighted by Crippen LogP contribution is 2.40. The Balaban J connectivity index is 2.03. The molecule has 100 valence electrons. The Morgan fingerprint density at radius 2 is 1.89 bits per heavy atom. The van der Waals surface area contributed by atoms with Gasteiger partial charge in [-0.3, -0.25) is 4.98 Å². The van der Waals surface area contributed by atoms with Crippen LogP contribution in [-0.2, 0) is 0 Å². The summed E-state index contributed by atoms with van der Waals surface area (Å²) in [6, 6.07) is 7.74. The molecule has 1 unspecified atom stereocenters. The van der Waals surface area contributed by atoms with Gasteiger partial charge in [0.2, 0.25) is 0 Å². The fraction of sp³-hybridized carbons (Fsp3) is 0.438. The Morgan fingerprint density at radius 1 is 1.11 bits per heavy atom. The maximum atomic E-state index is 10.7. The largest absolute Gasteiger partial charge is 0.387 e. The summed E-state index contributed by atoms with van der Waals surface area (Å²) in [4.78, 5) is 4.13. The molecule has 0 radical (unpaired) electrons. The first-order valence-electron chi connectivity index (χ1n) is 6.94. The highest BCUT2D eigenvalue weighted by Gasteiger charge is 2.38. The summed E-state index contributed by atoms with van der Waals surface area (Å²) in [5.41, 5.74) is -0.197. The van der Waals surface area contributed by atoms with E-state index in [1.807, 2.05) is 24.3 Å². The predicted octanol–water partition coefficient (Wildman–Crippen LogP) is 2.96. The normalized spacial score (nSPS) is 20.3. The molecule has 1 atom stereocenters. The number of rotatable bonds is 2. The van der Waals surface area contributed by atoms with E-state index < -0.39 is 11.7 Å². The van der Waals surface area contributed by atoms with Crippen molar-refractivity contribution in [1.29, 1.82) is 0 Å². The van der Waals surface area contributed by atoms with Gasteiger partial charge in [-0.15, -0.1) is 0 Å². The van der Waals surface area contributed by atoms with Crippen LogP contribution >= 0.6 is 0 Å². The second kappa shape index (κ2) is 4.91. The molecule has 0 spiro atoms. The molecule has 1 aliphatic carbocycles. The lowest BCUT2D eigenvalue weighted by atomic mass is 9.78. The minimum Gasteiger partial charge on any atom is -0.387 e. The van der Waals surface area contributed by atoms with Gasteiger partial charge in [-0.05, 0) is 29.9 Å². The average molecular weight is 257 g/mol. The van der Waals surface area contributed by atoms with Gasteiger partial charge >= 0.3 is 0 Å². The monoisotopic (exact) mass is 257 g/mol. The summed E-state index contributed by atoms with van der Waals surface area (Å²) in [5, 5.41) is 23.3. The zero-order chi connectivity index (χ0) is 13.3. The van der Waals surface area contributed by atoms with Gasteiger partial charge in [0.25, 0.3) is 0 Å². The number of hydrogen-bond donors (Lipinski definition) is 2. The van der Waals surface area contributed by atoms with Crippen LogP contribution in [-0.4, -0.2) is 20.8 Å². The minimum atomic E-state index is -0.984. The van der Waals surface area contributed by atoms with Crippen LogP contribution in [0.15, 0.2) is 36.7 Å². The Morgan fingerprint density at radius 3 is 2.68 bits per heavy atom. The predicted molar refractivity (Wildman–Crippen MR) is 74.7 cm³/mol. The van der Waals surface area contributed by atoms with Crippen LogP contribution in [0.25, 0.3) is 10.8 Å². The Labute approximate surface area is 112 Å². The van der Waals surface area contributed by atoms with E-state index in [2.05, 4.69) is 4.98 Å². The summed E-state index contributed by atoms with van der Waals surface area (Å²) >= 11 is 0. The van der Waals surface area contributed by atoms with Crippen molar-refractivity contribution in [3.8, 4) is 0 Å². The molecule has 0 saturated heterocycles. The van der Waals surface area contributed by atoms with E-state index in [0.29, 0.717) is 12.8 Å². The molecular weight excluding hydrogens is 238 g/mol. The summed E-state index contributed by atoms with van der Waals surface area (Å²) in [6.45, 7) is 0. The molecular formula is C16H19NO2. The molecule has 1 aliphatic rings. The number of pyridine rings is 1. The van der Waals surface area contributed by atoms with Crippen molar-refractivity contribution < 1.29 is 10.2 Å². The zero-order valence-corrected chi connectivity index (χ0v) is 10.9. The summed E-state index contributed by atoms with van der Waals surface area (Å²) < 4.78 is 0. The van der Waals surface area contributed by atoms with E-state index in [1.165, 1.54) is 0 Å². The molecule has 1 aromatic heterocycles. The number of nitrogens with zero attached hydrogens (tertiary/aromatic N) is 1. The van der Waals surface area contributed by atoms with Crippen molar-refractivity contribution in [2.45, 2.75) is 43.8 Å². The van der Waals surface area contributed by atoms with E-state index in [4.69, 9.17) is 0 Å². The quantitative estimate of drug-likeness (QED) is 0.869. The summed E-state index contributed by atoms with van der Waals surface area (Å²) in [7, 11) is 0. The van der Waals surface area contributed by atoms with Crippen molar-refractivity contribution in [2.75, 3.05) is 0 Å². The molecule has 2 N–H and O–H groups in total. The number of aliphatic hydroxyl groups is 2. The zero-order valence-electron chi connectivity index (χ0n) is 10.9. The van der Waals surface area contributed by atoms with Gasteiger partial charge in [-0.2, -0.15) is 0 Å². The fourth-order valence-electron chi connectivity index (χ4n) is 3.10. The summed E-state index contributed by atoms with van der Waals surface area (Å²) in [5.74, 6) is 0. The number of aliphatic hydroxyl groups excluding tert-OH is 1. The highest BCUT2D eigenvalue weighted by molar-refractivity contribution is 5.85. The topological polar surface area (TPSA) is 53.4 Å². The van der Waals surface area contributed by atoms with Crippen molar-refractivity contribution in [3.05, 3.63) is 42.2 Å². The van der Waals surface area contributed by atoms with Crippen molar-refractivity contribution in [3.63, 3.8) is 0 Å². The van der Waals surface area contributed by atoms with Crippen molar-refractivity contribution in [2.24, 2.45) is 0 Å². The maximum absolute atomic E-state index is 10.7. The third kappa shape index (κ3) is 2.24. The fourth-order valence-corrected chi connectivity index (χ4v) is 3.10. The Hall–Kier alpha value is -1.45. The van der Waals surface area contributed by atoms with Crippen LogP contribution in [0.4, 0.5) is 0 Å². The van der Waals surface area contributed by atoms with Crippen molar-refractivity contribution >= 4 is 10.8 Å². The molecule has 0 bridgehead atoms.